The Morgan fingerprint density at radius 2 is 1.68 bits per heavy atom. The normalized spacial score (nSPS) is 22.0. The van der Waals surface area contributed by atoms with Crippen LogP contribution in [0.2, 0.25) is 0 Å². The first-order chi connectivity index (χ1) is 10.6. The van der Waals surface area contributed by atoms with Gasteiger partial charge in [0.25, 0.3) is 10.2 Å². The maximum Gasteiger partial charge on any atom is 0.282 e. The van der Waals surface area contributed by atoms with Crippen LogP contribution in [0.3, 0.4) is 0 Å². The fourth-order valence-corrected chi connectivity index (χ4v) is 4.25. The zero-order valence-electron chi connectivity index (χ0n) is 12.7. The molecule has 0 aliphatic carbocycles. The van der Waals surface area contributed by atoms with Gasteiger partial charge in [0.2, 0.25) is 0 Å². The van der Waals surface area contributed by atoms with Gasteiger partial charge in [-0.05, 0) is 18.6 Å². The van der Waals surface area contributed by atoms with Crippen molar-refractivity contribution >= 4 is 16.0 Å². The highest BCUT2D eigenvalue weighted by Crippen LogP contribution is 2.17. The average Bonchev–Trinajstić information content (AvgIpc) is 2.56. The van der Waals surface area contributed by atoms with E-state index >= 15 is 0 Å². The van der Waals surface area contributed by atoms with Crippen LogP contribution >= 0.6 is 0 Å². The van der Waals surface area contributed by atoms with Crippen LogP contribution in [0.1, 0.15) is 5.56 Å². The molecule has 0 atom stereocenters. The molecule has 0 unspecified atom stereocenters. The van der Waals surface area contributed by atoms with Crippen LogP contribution < -0.4 is 4.90 Å². The van der Waals surface area contributed by atoms with E-state index in [4.69, 9.17) is 4.74 Å². The molecule has 0 N–H and O–H groups in total. The Labute approximate surface area is 130 Å². The highest BCUT2D eigenvalue weighted by molar-refractivity contribution is 7.86. The van der Waals surface area contributed by atoms with E-state index < -0.39 is 10.2 Å². The summed E-state index contributed by atoms with van der Waals surface area (Å²) in [6.45, 7) is 5.97. The first-order valence-electron chi connectivity index (χ1n) is 7.44. The molecule has 0 bridgehead atoms. The summed E-state index contributed by atoms with van der Waals surface area (Å²) in [6, 6.07) is 1.97. The average molecular weight is 327 g/mol. The molecule has 2 saturated heterocycles. The molecule has 2 aliphatic rings. The lowest BCUT2D eigenvalue weighted by Gasteiger charge is -2.37. The molecular weight excluding hydrogens is 306 g/mol. The van der Waals surface area contributed by atoms with Gasteiger partial charge in [0, 0.05) is 39.3 Å². The maximum atomic E-state index is 12.6. The van der Waals surface area contributed by atoms with Crippen LogP contribution in [-0.2, 0) is 14.9 Å². The SMILES string of the molecule is Cc1cnnc(N2CCN(S(=O)(=O)N3CCOCC3)CC2)c1. The zero-order valence-corrected chi connectivity index (χ0v) is 13.5. The maximum absolute atomic E-state index is 12.6. The lowest BCUT2D eigenvalue weighted by Crippen LogP contribution is -2.55. The van der Waals surface area contributed by atoms with Gasteiger partial charge < -0.3 is 9.64 Å². The molecule has 0 spiro atoms. The summed E-state index contributed by atoms with van der Waals surface area (Å²) in [5, 5.41) is 8.08. The number of aryl methyl sites for hydroxylation is 1. The summed E-state index contributed by atoms with van der Waals surface area (Å²) < 4.78 is 33.5. The monoisotopic (exact) mass is 327 g/mol. The van der Waals surface area contributed by atoms with Gasteiger partial charge in [0.05, 0.1) is 19.4 Å². The Morgan fingerprint density at radius 3 is 2.32 bits per heavy atom. The first-order valence-corrected chi connectivity index (χ1v) is 8.84. The number of hydrogen-bond donors (Lipinski definition) is 0. The van der Waals surface area contributed by atoms with E-state index in [9.17, 15) is 8.42 Å². The van der Waals surface area contributed by atoms with Crippen molar-refractivity contribution in [1.82, 2.24) is 18.8 Å². The third-order valence-electron chi connectivity index (χ3n) is 3.96. The van der Waals surface area contributed by atoms with E-state index in [1.165, 1.54) is 4.31 Å². The Balaban J connectivity index is 1.63. The van der Waals surface area contributed by atoms with Gasteiger partial charge in [-0.2, -0.15) is 22.1 Å². The number of piperazine rings is 1. The third-order valence-corrected chi connectivity index (χ3v) is 6.00. The van der Waals surface area contributed by atoms with E-state index in [-0.39, 0.29) is 0 Å². The fraction of sp³-hybridized carbons (Fsp3) is 0.692. The van der Waals surface area contributed by atoms with E-state index in [0.29, 0.717) is 52.5 Å². The summed E-state index contributed by atoms with van der Waals surface area (Å²) in [5.74, 6) is 0.809. The van der Waals surface area contributed by atoms with Crippen molar-refractivity contribution in [3.8, 4) is 0 Å². The number of ether oxygens (including phenoxy) is 1. The quantitative estimate of drug-likeness (QED) is 0.744. The number of anilines is 1. The van der Waals surface area contributed by atoms with E-state index in [1.807, 2.05) is 13.0 Å². The second-order valence-electron chi connectivity index (χ2n) is 5.50. The second-order valence-corrected chi connectivity index (χ2v) is 7.42. The van der Waals surface area contributed by atoms with Crippen molar-refractivity contribution in [2.24, 2.45) is 0 Å². The van der Waals surface area contributed by atoms with Gasteiger partial charge >= 0.3 is 0 Å². The lowest BCUT2D eigenvalue weighted by molar-refractivity contribution is 0.0700. The molecule has 3 heterocycles. The van der Waals surface area contributed by atoms with Gasteiger partial charge in [-0.3, -0.25) is 0 Å². The molecule has 2 aliphatic heterocycles. The minimum Gasteiger partial charge on any atom is -0.379 e. The van der Waals surface area contributed by atoms with Gasteiger partial charge in [0.1, 0.15) is 0 Å². The first kappa shape index (κ1) is 15.6. The van der Waals surface area contributed by atoms with Gasteiger partial charge in [-0.1, -0.05) is 0 Å². The summed E-state index contributed by atoms with van der Waals surface area (Å²) >= 11 is 0. The summed E-state index contributed by atoms with van der Waals surface area (Å²) in [4.78, 5) is 2.07. The van der Waals surface area contributed by atoms with Crippen LogP contribution in [0.4, 0.5) is 5.82 Å². The molecular formula is C13H21N5O3S. The van der Waals surface area contributed by atoms with Crippen molar-refractivity contribution in [3.63, 3.8) is 0 Å². The number of aromatic nitrogens is 2. The highest BCUT2D eigenvalue weighted by Gasteiger charge is 2.33. The van der Waals surface area contributed by atoms with Gasteiger partial charge in [-0.15, -0.1) is 5.10 Å². The number of nitrogens with zero attached hydrogens (tertiary/aromatic N) is 5. The van der Waals surface area contributed by atoms with Crippen LogP contribution in [0.5, 0.6) is 0 Å². The van der Waals surface area contributed by atoms with E-state index in [2.05, 4.69) is 15.1 Å². The van der Waals surface area contributed by atoms with Gasteiger partial charge in [0.15, 0.2) is 5.82 Å². The van der Waals surface area contributed by atoms with Crippen LogP contribution in [0, 0.1) is 6.92 Å². The third kappa shape index (κ3) is 3.22. The molecule has 2 fully saturated rings. The van der Waals surface area contributed by atoms with Crippen molar-refractivity contribution in [2.45, 2.75) is 6.92 Å². The fourth-order valence-electron chi connectivity index (χ4n) is 2.69. The molecule has 0 saturated carbocycles. The molecule has 22 heavy (non-hydrogen) atoms. The topological polar surface area (TPSA) is 78.9 Å². The summed E-state index contributed by atoms with van der Waals surface area (Å²) in [7, 11) is -3.37. The molecule has 3 rings (SSSR count). The van der Waals surface area contributed by atoms with Crippen LogP contribution in [0.25, 0.3) is 0 Å². The van der Waals surface area contributed by atoms with E-state index in [1.54, 1.807) is 10.5 Å². The molecule has 1 aromatic heterocycles. The van der Waals surface area contributed by atoms with Crippen molar-refractivity contribution in [2.75, 3.05) is 57.4 Å². The predicted octanol–water partition coefficient (Wildman–Crippen LogP) is -0.516. The van der Waals surface area contributed by atoms with Crippen molar-refractivity contribution in [1.29, 1.82) is 0 Å². The number of hydrogen-bond acceptors (Lipinski definition) is 6. The van der Waals surface area contributed by atoms with E-state index in [0.717, 1.165) is 11.4 Å². The van der Waals surface area contributed by atoms with Crippen molar-refractivity contribution < 1.29 is 13.2 Å². The largest absolute Gasteiger partial charge is 0.379 e. The minimum atomic E-state index is -3.37. The van der Waals surface area contributed by atoms with Crippen LogP contribution in [0.15, 0.2) is 12.3 Å². The molecule has 1 aromatic rings. The standard InChI is InChI=1S/C13H21N5O3S/c1-12-10-13(15-14-11-12)16-2-4-17(5-3-16)22(19,20)18-6-8-21-9-7-18/h10-11H,2-9H2,1H3. The molecule has 0 amide bonds. The molecule has 0 aromatic carbocycles. The Morgan fingerprint density at radius 1 is 1.05 bits per heavy atom. The van der Waals surface area contributed by atoms with Gasteiger partial charge in [-0.25, -0.2) is 0 Å². The molecule has 122 valence electrons. The molecule has 9 heteroatoms. The Hall–Kier alpha value is -1.29. The predicted molar refractivity (Wildman–Crippen MR) is 81.9 cm³/mol. The summed E-state index contributed by atoms with van der Waals surface area (Å²) in [5.41, 5.74) is 1.05. The molecule has 0 radical (unpaired) electrons. The minimum absolute atomic E-state index is 0.436. The summed E-state index contributed by atoms with van der Waals surface area (Å²) in [6.07, 6.45) is 1.71. The Bertz CT molecular complexity index is 610. The second kappa shape index (κ2) is 6.45. The number of morpholine rings is 1. The number of rotatable bonds is 3. The van der Waals surface area contributed by atoms with Crippen molar-refractivity contribution in [3.05, 3.63) is 17.8 Å². The smallest absolute Gasteiger partial charge is 0.282 e. The zero-order chi connectivity index (χ0) is 15.6. The van der Waals surface area contributed by atoms with Crippen LogP contribution in [-0.4, -0.2) is 79.7 Å². The molecule has 8 nitrogen and oxygen atoms in total. The lowest BCUT2D eigenvalue weighted by atomic mass is 10.3. The Kier molecular flexibility index (Phi) is 4.57. The highest BCUT2D eigenvalue weighted by atomic mass is 32.2.